The smallest absolute Gasteiger partial charge is 0.326 e. The van der Waals surface area contributed by atoms with E-state index in [1.54, 1.807) is 0 Å². The number of nitrogens with one attached hydrogen (secondary N) is 1. The number of likely N-dealkylation sites (tertiary alicyclic amines) is 1. The van der Waals surface area contributed by atoms with E-state index in [1.165, 1.54) is 4.90 Å². The Hall–Kier alpha value is -3.19. The first-order chi connectivity index (χ1) is 15.5. The van der Waals surface area contributed by atoms with E-state index in [1.807, 2.05) is 60.7 Å². The molecule has 2 aromatic rings. The highest BCUT2D eigenvalue weighted by molar-refractivity contribution is 5.88. The third-order valence-corrected chi connectivity index (χ3v) is 5.92. The molecule has 0 bridgehead atoms. The molecule has 0 aromatic heterocycles. The van der Waals surface area contributed by atoms with Gasteiger partial charge < -0.3 is 15.1 Å². The quantitative estimate of drug-likeness (QED) is 0.527. The van der Waals surface area contributed by atoms with Gasteiger partial charge in [0.1, 0.15) is 12.1 Å². The van der Waals surface area contributed by atoms with Crippen LogP contribution in [0.1, 0.15) is 36.8 Å². The molecule has 3 atom stereocenters. The first kappa shape index (κ1) is 23.5. The first-order valence-corrected chi connectivity index (χ1v) is 11.1. The van der Waals surface area contributed by atoms with Gasteiger partial charge in [-0.05, 0) is 43.2 Å². The zero-order valence-electron chi connectivity index (χ0n) is 18.0. The van der Waals surface area contributed by atoms with Crippen LogP contribution in [0, 0.1) is 0 Å². The van der Waals surface area contributed by atoms with Crippen molar-refractivity contribution in [1.82, 2.24) is 10.2 Å². The van der Waals surface area contributed by atoms with Crippen molar-refractivity contribution in [2.24, 2.45) is 0 Å². The highest BCUT2D eigenvalue weighted by Gasteiger charge is 2.36. The SMILES string of the molecule is O=C(O)[C@H](CCc1ccccc1)N[C@H]1CCCCN([C@@H](Cc2ccccc2)C(=O)O)C1=O. The van der Waals surface area contributed by atoms with Crippen molar-refractivity contribution in [3.8, 4) is 0 Å². The van der Waals surface area contributed by atoms with Crippen LogP contribution >= 0.6 is 0 Å². The number of amides is 1. The second-order valence-corrected chi connectivity index (χ2v) is 8.21. The average Bonchev–Trinajstić information content (AvgIpc) is 2.97. The van der Waals surface area contributed by atoms with Crippen LogP contribution in [0.4, 0.5) is 0 Å². The fourth-order valence-electron chi connectivity index (χ4n) is 4.17. The lowest BCUT2D eigenvalue weighted by Gasteiger charge is -2.31. The number of hydrogen-bond donors (Lipinski definition) is 3. The number of carboxylic acids is 2. The van der Waals surface area contributed by atoms with Gasteiger partial charge in [-0.25, -0.2) is 4.79 Å². The Morgan fingerprint density at radius 1 is 0.938 bits per heavy atom. The number of aryl methyl sites for hydroxylation is 1. The molecule has 3 rings (SSSR count). The van der Waals surface area contributed by atoms with Crippen LogP contribution in [-0.4, -0.2) is 57.6 Å². The molecule has 0 radical (unpaired) electrons. The summed E-state index contributed by atoms with van der Waals surface area (Å²) in [7, 11) is 0. The molecule has 0 saturated carbocycles. The third kappa shape index (κ3) is 6.40. The zero-order valence-corrected chi connectivity index (χ0v) is 18.0. The van der Waals surface area contributed by atoms with Crippen molar-refractivity contribution >= 4 is 17.8 Å². The monoisotopic (exact) mass is 438 g/mol. The molecule has 7 heteroatoms. The molecule has 1 heterocycles. The summed E-state index contributed by atoms with van der Waals surface area (Å²) in [5.74, 6) is -2.40. The van der Waals surface area contributed by atoms with Gasteiger partial charge >= 0.3 is 11.9 Å². The van der Waals surface area contributed by atoms with Crippen molar-refractivity contribution in [2.75, 3.05) is 6.54 Å². The van der Waals surface area contributed by atoms with Gasteiger partial charge in [0.25, 0.3) is 0 Å². The zero-order chi connectivity index (χ0) is 22.9. The second kappa shape index (κ2) is 11.4. The number of aliphatic carboxylic acids is 2. The van der Waals surface area contributed by atoms with Crippen molar-refractivity contribution < 1.29 is 24.6 Å². The normalized spacial score (nSPS) is 18.6. The predicted octanol–water partition coefficient (Wildman–Crippen LogP) is 2.74. The average molecular weight is 439 g/mol. The number of benzene rings is 2. The summed E-state index contributed by atoms with van der Waals surface area (Å²) in [4.78, 5) is 38.7. The Morgan fingerprint density at radius 2 is 1.56 bits per heavy atom. The number of hydrogen-bond acceptors (Lipinski definition) is 4. The summed E-state index contributed by atoms with van der Waals surface area (Å²) < 4.78 is 0. The van der Waals surface area contributed by atoms with E-state index in [9.17, 15) is 24.6 Å². The van der Waals surface area contributed by atoms with Crippen molar-refractivity contribution in [2.45, 2.75) is 56.7 Å². The molecule has 1 fully saturated rings. The predicted molar refractivity (Wildman–Crippen MR) is 120 cm³/mol. The largest absolute Gasteiger partial charge is 0.480 e. The van der Waals surface area contributed by atoms with Crippen molar-refractivity contribution in [3.63, 3.8) is 0 Å². The van der Waals surface area contributed by atoms with Crippen LogP contribution in [-0.2, 0) is 27.2 Å². The molecule has 0 spiro atoms. The highest BCUT2D eigenvalue weighted by atomic mass is 16.4. The Bertz CT molecular complexity index is 903. The van der Waals surface area contributed by atoms with Crippen LogP contribution < -0.4 is 5.32 Å². The van der Waals surface area contributed by atoms with E-state index in [0.717, 1.165) is 17.5 Å². The highest BCUT2D eigenvalue weighted by Crippen LogP contribution is 2.19. The lowest BCUT2D eigenvalue weighted by molar-refractivity contribution is -0.151. The van der Waals surface area contributed by atoms with Gasteiger partial charge in [-0.2, -0.15) is 0 Å². The number of carboxylic acid groups (broad SMARTS) is 2. The van der Waals surface area contributed by atoms with Gasteiger partial charge in [-0.1, -0.05) is 60.7 Å². The lowest BCUT2D eigenvalue weighted by Crippen LogP contribution is -2.55. The van der Waals surface area contributed by atoms with Crippen LogP contribution in [0.5, 0.6) is 0 Å². The minimum atomic E-state index is -1.05. The molecule has 1 aliphatic heterocycles. The molecule has 170 valence electrons. The molecular formula is C25H30N2O5. The fourth-order valence-corrected chi connectivity index (χ4v) is 4.17. The molecule has 1 aliphatic rings. The van der Waals surface area contributed by atoms with Crippen molar-refractivity contribution in [1.29, 1.82) is 0 Å². The molecule has 0 aliphatic carbocycles. The van der Waals surface area contributed by atoms with Crippen LogP contribution in [0.15, 0.2) is 60.7 Å². The molecule has 1 saturated heterocycles. The summed E-state index contributed by atoms with van der Waals surface area (Å²) >= 11 is 0. The molecular weight excluding hydrogens is 408 g/mol. The summed E-state index contributed by atoms with van der Waals surface area (Å²) in [6.45, 7) is 0.350. The van der Waals surface area contributed by atoms with E-state index in [2.05, 4.69) is 5.32 Å². The van der Waals surface area contributed by atoms with E-state index in [4.69, 9.17) is 0 Å². The minimum Gasteiger partial charge on any atom is -0.480 e. The second-order valence-electron chi connectivity index (χ2n) is 8.21. The van der Waals surface area contributed by atoms with Crippen LogP contribution in [0.2, 0.25) is 0 Å². The topological polar surface area (TPSA) is 107 Å². The lowest BCUT2D eigenvalue weighted by atomic mass is 10.0. The Balaban J connectivity index is 1.71. The molecule has 3 N–H and O–H groups in total. The summed E-state index contributed by atoms with van der Waals surface area (Å²) in [5.41, 5.74) is 1.87. The summed E-state index contributed by atoms with van der Waals surface area (Å²) in [6.07, 6.45) is 3.02. The van der Waals surface area contributed by atoms with Gasteiger partial charge in [0.15, 0.2) is 0 Å². The fraction of sp³-hybridized carbons (Fsp3) is 0.400. The summed E-state index contributed by atoms with van der Waals surface area (Å²) in [5, 5.41) is 22.6. The molecule has 0 unspecified atom stereocenters. The van der Waals surface area contributed by atoms with E-state index in [0.29, 0.717) is 32.2 Å². The van der Waals surface area contributed by atoms with Gasteiger partial charge in [-0.15, -0.1) is 0 Å². The number of carbonyl (C=O) groups excluding carboxylic acids is 1. The van der Waals surface area contributed by atoms with Crippen molar-refractivity contribution in [3.05, 3.63) is 71.8 Å². The Labute approximate surface area is 188 Å². The molecule has 2 aromatic carbocycles. The molecule has 32 heavy (non-hydrogen) atoms. The minimum absolute atomic E-state index is 0.213. The standard InChI is InChI=1S/C25H30N2O5/c28-23-20(26-21(24(29)30)15-14-18-9-3-1-4-10-18)13-7-8-16-27(23)22(25(31)32)17-19-11-5-2-6-12-19/h1-6,9-12,20-22,26H,7-8,13-17H2,(H,29,30)(H,31,32)/t20-,21-,22-/m0/s1. The van der Waals surface area contributed by atoms with E-state index in [-0.39, 0.29) is 12.3 Å². The van der Waals surface area contributed by atoms with Gasteiger partial charge in [0.2, 0.25) is 5.91 Å². The number of rotatable bonds is 10. The van der Waals surface area contributed by atoms with E-state index >= 15 is 0 Å². The van der Waals surface area contributed by atoms with Gasteiger partial charge in [0.05, 0.1) is 6.04 Å². The van der Waals surface area contributed by atoms with Crippen LogP contribution in [0.25, 0.3) is 0 Å². The maximum Gasteiger partial charge on any atom is 0.326 e. The maximum absolute atomic E-state index is 13.3. The Kier molecular flexibility index (Phi) is 8.39. The molecule has 1 amide bonds. The van der Waals surface area contributed by atoms with E-state index < -0.39 is 30.1 Å². The number of carbonyl (C=O) groups is 3. The van der Waals surface area contributed by atoms with Gasteiger partial charge in [-0.3, -0.25) is 14.9 Å². The third-order valence-electron chi connectivity index (χ3n) is 5.92. The molecule has 7 nitrogen and oxygen atoms in total. The van der Waals surface area contributed by atoms with Gasteiger partial charge in [0, 0.05) is 13.0 Å². The maximum atomic E-state index is 13.3. The Morgan fingerprint density at radius 3 is 2.16 bits per heavy atom. The summed E-state index contributed by atoms with van der Waals surface area (Å²) in [6, 6.07) is 16.2. The van der Waals surface area contributed by atoms with Crippen LogP contribution in [0.3, 0.4) is 0 Å². The number of nitrogens with zero attached hydrogens (tertiary/aromatic N) is 1. The first-order valence-electron chi connectivity index (χ1n) is 11.1.